The van der Waals surface area contributed by atoms with Crippen molar-refractivity contribution in [1.82, 2.24) is 4.90 Å². The molecule has 6 heteroatoms. The molecule has 1 aliphatic rings. The summed E-state index contributed by atoms with van der Waals surface area (Å²) in [6.07, 6.45) is 0. The molecule has 1 unspecified atom stereocenters. The van der Waals surface area contributed by atoms with E-state index >= 15 is 0 Å². The number of anilines is 1. The SMILES string of the molecule is Cc1ccc(C(=O)N2CC(=O)Nc3ccc(Cl)cc3C2c2ccc(F)cc2)cc1C. The minimum atomic E-state index is -0.604. The number of rotatable bonds is 2. The number of hydrogen-bond acceptors (Lipinski definition) is 2. The lowest BCUT2D eigenvalue weighted by Crippen LogP contribution is -2.39. The third kappa shape index (κ3) is 3.81. The van der Waals surface area contributed by atoms with Crippen molar-refractivity contribution in [3.05, 3.63) is 99.3 Å². The molecule has 4 rings (SSSR count). The Bertz CT molecular complexity index is 1140. The van der Waals surface area contributed by atoms with Crippen molar-refractivity contribution in [2.75, 3.05) is 11.9 Å². The lowest BCUT2D eigenvalue weighted by Gasteiger charge is -2.31. The monoisotopic (exact) mass is 422 g/mol. The fraction of sp³-hybridized carbons (Fsp3) is 0.167. The fourth-order valence-corrected chi connectivity index (χ4v) is 3.89. The summed E-state index contributed by atoms with van der Waals surface area (Å²) in [6.45, 7) is 3.77. The summed E-state index contributed by atoms with van der Waals surface area (Å²) in [4.78, 5) is 27.7. The number of nitrogens with one attached hydrogen (secondary N) is 1. The molecule has 3 aromatic rings. The normalized spacial score (nSPS) is 15.9. The molecule has 0 saturated carbocycles. The Morgan fingerprint density at radius 1 is 1.03 bits per heavy atom. The second kappa shape index (κ2) is 7.92. The molecule has 1 aliphatic heterocycles. The van der Waals surface area contributed by atoms with Crippen LogP contribution in [0.3, 0.4) is 0 Å². The van der Waals surface area contributed by atoms with Gasteiger partial charge >= 0.3 is 0 Å². The van der Waals surface area contributed by atoms with E-state index < -0.39 is 6.04 Å². The van der Waals surface area contributed by atoms with E-state index in [1.165, 1.54) is 17.0 Å². The van der Waals surface area contributed by atoms with Crippen LogP contribution in [0.5, 0.6) is 0 Å². The average molecular weight is 423 g/mol. The molecule has 0 aliphatic carbocycles. The van der Waals surface area contributed by atoms with E-state index in [-0.39, 0.29) is 24.2 Å². The quantitative estimate of drug-likeness (QED) is 0.610. The molecule has 0 bridgehead atoms. The number of fused-ring (bicyclic) bond motifs is 1. The summed E-state index contributed by atoms with van der Waals surface area (Å²) in [7, 11) is 0. The van der Waals surface area contributed by atoms with Crippen LogP contribution >= 0.6 is 11.6 Å². The summed E-state index contributed by atoms with van der Waals surface area (Å²) in [5.74, 6) is -0.962. The topological polar surface area (TPSA) is 49.4 Å². The molecular formula is C24H20ClFN2O2. The van der Waals surface area contributed by atoms with Crippen molar-refractivity contribution >= 4 is 29.1 Å². The van der Waals surface area contributed by atoms with Gasteiger partial charge in [0.1, 0.15) is 12.4 Å². The van der Waals surface area contributed by atoms with Crippen molar-refractivity contribution in [3.8, 4) is 0 Å². The van der Waals surface area contributed by atoms with Gasteiger partial charge in [-0.25, -0.2) is 4.39 Å². The lowest BCUT2D eigenvalue weighted by atomic mass is 9.95. The van der Waals surface area contributed by atoms with Crippen LogP contribution in [-0.4, -0.2) is 23.3 Å². The first-order valence-corrected chi connectivity index (χ1v) is 9.94. The smallest absolute Gasteiger partial charge is 0.255 e. The molecule has 0 aromatic heterocycles. The largest absolute Gasteiger partial charge is 0.324 e. The van der Waals surface area contributed by atoms with Crippen LogP contribution in [0.15, 0.2) is 60.7 Å². The van der Waals surface area contributed by atoms with Gasteiger partial charge in [-0.2, -0.15) is 0 Å². The van der Waals surface area contributed by atoms with Crippen LogP contribution in [0.1, 0.15) is 38.7 Å². The van der Waals surface area contributed by atoms with E-state index in [0.29, 0.717) is 27.4 Å². The molecule has 3 aromatic carbocycles. The number of hydrogen-bond donors (Lipinski definition) is 1. The van der Waals surface area contributed by atoms with Crippen LogP contribution in [0.2, 0.25) is 5.02 Å². The summed E-state index contributed by atoms with van der Waals surface area (Å²) in [6, 6.07) is 15.9. The van der Waals surface area contributed by atoms with Gasteiger partial charge in [-0.05, 0) is 73.0 Å². The number of aryl methyl sites for hydroxylation is 2. The molecule has 1 heterocycles. The van der Waals surface area contributed by atoms with Crippen LogP contribution in [0.25, 0.3) is 0 Å². The van der Waals surface area contributed by atoms with Crippen LogP contribution in [0, 0.1) is 19.7 Å². The minimum Gasteiger partial charge on any atom is -0.324 e. The first kappa shape index (κ1) is 20.1. The van der Waals surface area contributed by atoms with Crippen molar-refractivity contribution < 1.29 is 14.0 Å². The van der Waals surface area contributed by atoms with Crippen molar-refractivity contribution in [2.45, 2.75) is 19.9 Å². The standard InChI is InChI=1S/C24H20ClFN2O2/c1-14-3-4-17(11-15(14)2)24(30)28-13-22(29)27-21-10-7-18(25)12-20(21)23(28)16-5-8-19(26)9-6-16/h3-12,23H,13H2,1-2H3,(H,27,29). The molecule has 4 nitrogen and oxygen atoms in total. The van der Waals surface area contributed by atoms with Gasteiger partial charge in [0.2, 0.25) is 5.91 Å². The van der Waals surface area contributed by atoms with Gasteiger partial charge in [-0.1, -0.05) is 29.8 Å². The summed E-state index contributed by atoms with van der Waals surface area (Å²) >= 11 is 6.25. The maximum absolute atomic E-state index is 13.6. The number of carbonyl (C=O) groups is 2. The van der Waals surface area contributed by atoms with Gasteiger partial charge in [-0.3, -0.25) is 9.59 Å². The van der Waals surface area contributed by atoms with E-state index in [9.17, 15) is 14.0 Å². The third-order valence-corrected chi connectivity index (χ3v) is 5.64. The highest BCUT2D eigenvalue weighted by Gasteiger charge is 2.34. The predicted octanol–water partition coefficient (Wildman–Crippen LogP) is 5.28. The summed E-state index contributed by atoms with van der Waals surface area (Å²) in [5.41, 5.74) is 4.50. The molecule has 2 amide bonds. The molecule has 0 radical (unpaired) electrons. The number of amides is 2. The van der Waals surface area contributed by atoms with Crippen molar-refractivity contribution in [3.63, 3.8) is 0 Å². The van der Waals surface area contributed by atoms with Gasteiger partial charge in [0.05, 0.1) is 6.04 Å². The molecule has 0 spiro atoms. The number of benzene rings is 3. The molecule has 152 valence electrons. The number of halogens is 2. The molecule has 0 saturated heterocycles. The highest BCUT2D eigenvalue weighted by molar-refractivity contribution is 6.30. The van der Waals surface area contributed by atoms with Crippen LogP contribution in [0.4, 0.5) is 10.1 Å². The Labute approximate surface area is 179 Å². The van der Waals surface area contributed by atoms with E-state index in [1.54, 1.807) is 36.4 Å². The highest BCUT2D eigenvalue weighted by atomic mass is 35.5. The molecular weight excluding hydrogens is 403 g/mol. The van der Waals surface area contributed by atoms with Crippen LogP contribution < -0.4 is 5.32 Å². The van der Waals surface area contributed by atoms with Gasteiger partial charge in [0.15, 0.2) is 0 Å². The fourth-order valence-electron chi connectivity index (χ4n) is 3.71. The molecule has 0 fully saturated rings. The first-order chi connectivity index (χ1) is 14.3. The second-order valence-corrected chi connectivity index (χ2v) is 7.90. The lowest BCUT2D eigenvalue weighted by molar-refractivity contribution is -0.117. The van der Waals surface area contributed by atoms with E-state index in [4.69, 9.17) is 11.6 Å². The average Bonchev–Trinajstić information content (AvgIpc) is 2.86. The summed E-state index contributed by atoms with van der Waals surface area (Å²) in [5, 5.41) is 3.33. The molecule has 30 heavy (non-hydrogen) atoms. The zero-order chi connectivity index (χ0) is 21.4. The third-order valence-electron chi connectivity index (χ3n) is 5.41. The Kier molecular flexibility index (Phi) is 5.31. The zero-order valence-corrected chi connectivity index (χ0v) is 17.3. The van der Waals surface area contributed by atoms with Gasteiger partial charge in [0, 0.05) is 21.8 Å². The number of carbonyl (C=O) groups excluding carboxylic acids is 2. The van der Waals surface area contributed by atoms with Crippen molar-refractivity contribution in [2.24, 2.45) is 0 Å². The first-order valence-electron chi connectivity index (χ1n) is 9.56. The maximum atomic E-state index is 13.6. The highest BCUT2D eigenvalue weighted by Crippen LogP contribution is 2.38. The van der Waals surface area contributed by atoms with Gasteiger partial charge in [0.25, 0.3) is 5.91 Å². The van der Waals surface area contributed by atoms with Gasteiger partial charge in [-0.15, -0.1) is 0 Å². The van der Waals surface area contributed by atoms with E-state index in [0.717, 1.165) is 11.1 Å². The Morgan fingerprint density at radius 3 is 2.47 bits per heavy atom. The second-order valence-electron chi connectivity index (χ2n) is 7.47. The van der Waals surface area contributed by atoms with E-state index in [1.807, 2.05) is 26.0 Å². The Hall–Kier alpha value is -3.18. The molecule has 1 atom stereocenters. The predicted molar refractivity (Wildman–Crippen MR) is 115 cm³/mol. The summed E-state index contributed by atoms with van der Waals surface area (Å²) < 4.78 is 13.6. The molecule has 1 N–H and O–H groups in total. The van der Waals surface area contributed by atoms with Crippen LogP contribution in [-0.2, 0) is 4.79 Å². The zero-order valence-electron chi connectivity index (χ0n) is 16.6. The Morgan fingerprint density at radius 2 is 1.77 bits per heavy atom. The maximum Gasteiger partial charge on any atom is 0.255 e. The Balaban J connectivity index is 1.89. The van der Waals surface area contributed by atoms with E-state index in [2.05, 4.69) is 5.32 Å². The number of nitrogens with zero attached hydrogens (tertiary/aromatic N) is 1. The van der Waals surface area contributed by atoms with Crippen molar-refractivity contribution in [1.29, 1.82) is 0 Å². The minimum absolute atomic E-state index is 0.139. The van der Waals surface area contributed by atoms with Gasteiger partial charge < -0.3 is 10.2 Å².